The fourth-order valence-electron chi connectivity index (χ4n) is 4.13. The number of urea groups is 2. The van der Waals surface area contributed by atoms with Gasteiger partial charge in [-0.15, -0.1) is 0 Å². The summed E-state index contributed by atoms with van der Waals surface area (Å²) >= 11 is 0. The zero-order valence-corrected chi connectivity index (χ0v) is 16.4. The van der Waals surface area contributed by atoms with Crippen LogP contribution in [0, 0.1) is 5.82 Å². The van der Waals surface area contributed by atoms with E-state index < -0.39 is 18.1 Å². The monoisotopic (exact) mass is 405 g/mol. The lowest BCUT2D eigenvalue weighted by Crippen LogP contribution is -2.51. The van der Waals surface area contributed by atoms with Crippen molar-refractivity contribution >= 4 is 18.0 Å². The number of para-hydroxylation sites is 1. The van der Waals surface area contributed by atoms with E-state index in [1.807, 2.05) is 0 Å². The molecule has 10 heteroatoms. The topological polar surface area (TPSA) is 85.4 Å². The molecule has 29 heavy (non-hydrogen) atoms. The number of carbonyl (C=O) groups excluding carboxylic acids is 3. The molecule has 1 aromatic rings. The minimum atomic E-state index is -0.508. The molecule has 156 valence electrons. The van der Waals surface area contributed by atoms with Crippen molar-refractivity contribution in [3.8, 4) is 5.75 Å². The van der Waals surface area contributed by atoms with Crippen molar-refractivity contribution < 1.29 is 23.5 Å². The highest BCUT2D eigenvalue weighted by Gasteiger charge is 2.53. The van der Waals surface area contributed by atoms with Crippen LogP contribution in [-0.2, 0) is 4.79 Å². The number of piperidine rings is 1. The van der Waals surface area contributed by atoms with E-state index in [0.717, 1.165) is 0 Å². The van der Waals surface area contributed by atoms with Gasteiger partial charge in [-0.1, -0.05) is 12.1 Å². The number of likely N-dealkylation sites (N-methyl/N-ethyl adjacent to an activating group) is 2. The molecule has 4 rings (SSSR count). The summed E-state index contributed by atoms with van der Waals surface area (Å²) < 4.78 is 19.5. The molecule has 0 aromatic heterocycles. The van der Waals surface area contributed by atoms with E-state index in [4.69, 9.17) is 4.74 Å². The Labute approximate surface area is 168 Å². The van der Waals surface area contributed by atoms with E-state index in [2.05, 4.69) is 5.32 Å². The largest absolute Gasteiger partial charge is 0.487 e. The molecule has 3 saturated heterocycles. The maximum atomic E-state index is 13.7. The smallest absolute Gasteiger partial charge is 0.323 e. The average molecular weight is 405 g/mol. The molecule has 3 heterocycles. The number of carbonyl (C=O) groups is 3. The van der Waals surface area contributed by atoms with E-state index >= 15 is 0 Å². The molecular weight excluding hydrogens is 381 g/mol. The number of amides is 5. The van der Waals surface area contributed by atoms with Crippen molar-refractivity contribution in [1.29, 1.82) is 0 Å². The van der Waals surface area contributed by atoms with Crippen LogP contribution in [0.15, 0.2) is 24.3 Å². The maximum Gasteiger partial charge on any atom is 0.323 e. The fraction of sp³-hybridized carbons (Fsp3) is 0.526. The van der Waals surface area contributed by atoms with Gasteiger partial charge in [0.15, 0.2) is 11.6 Å². The number of likely N-dealkylation sites (tertiary alicyclic amines) is 1. The van der Waals surface area contributed by atoms with Crippen LogP contribution in [0.3, 0.4) is 0 Å². The maximum absolute atomic E-state index is 13.7. The Bertz CT molecular complexity index is 829. The molecule has 1 aromatic carbocycles. The van der Waals surface area contributed by atoms with Crippen LogP contribution in [0.5, 0.6) is 5.75 Å². The summed E-state index contributed by atoms with van der Waals surface area (Å²) in [5, 5.41) is 2.75. The van der Waals surface area contributed by atoms with Crippen LogP contribution < -0.4 is 10.1 Å². The van der Waals surface area contributed by atoms with Gasteiger partial charge in [0.25, 0.3) is 0 Å². The van der Waals surface area contributed by atoms with E-state index in [1.165, 1.54) is 20.8 Å². The third-order valence-electron chi connectivity index (χ3n) is 5.78. The number of hydrogen-bond donors (Lipinski definition) is 1. The van der Waals surface area contributed by atoms with Gasteiger partial charge in [-0.05, 0) is 12.1 Å². The van der Waals surface area contributed by atoms with E-state index in [9.17, 15) is 18.8 Å². The molecule has 0 bridgehead atoms. The molecule has 3 aliphatic rings. The molecule has 5 amide bonds. The van der Waals surface area contributed by atoms with Gasteiger partial charge < -0.3 is 24.8 Å². The zero-order valence-electron chi connectivity index (χ0n) is 16.4. The second-order valence-electron chi connectivity index (χ2n) is 7.57. The molecular formula is C19H24FN5O4. The predicted molar refractivity (Wildman–Crippen MR) is 100 cm³/mol. The molecule has 1 N–H and O–H groups in total. The second kappa shape index (κ2) is 7.41. The normalized spacial score (nSPS) is 24.8. The quantitative estimate of drug-likeness (QED) is 0.806. The van der Waals surface area contributed by atoms with Gasteiger partial charge in [0, 0.05) is 40.0 Å². The SMILES string of the molecule is CN1C(=O)N(C)[C@@H]2[C@H]1NC(=O)N2CC(=O)N1CCC(Oc2ccccc2F)CC1. The molecule has 3 aliphatic heterocycles. The van der Waals surface area contributed by atoms with Gasteiger partial charge in [-0.3, -0.25) is 9.69 Å². The van der Waals surface area contributed by atoms with Crippen molar-refractivity contribution in [3.05, 3.63) is 30.1 Å². The second-order valence-corrected chi connectivity index (χ2v) is 7.57. The first-order valence-corrected chi connectivity index (χ1v) is 9.62. The Morgan fingerprint density at radius 1 is 1.17 bits per heavy atom. The van der Waals surface area contributed by atoms with Crippen molar-refractivity contribution in [2.45, 2.75) is 31.3 Å². The van der Waals surface area contributed by atoms with Crippen LogP contribution >= 0.6 is 0 Å². The summed E-state index contributed by atoms with van der Waals surface area (Å²) in [6.45, 7) is 0.837. The van der Waals surface area contributed by atoms with Gasteiger partial charge in [-0.25, -0.2) is 14.0 Å². The van der Waals surface area contributed by atoms with Crippen LogP contribution in [0.2, 0.25) is 0 Å². The Balaban J connectivity index is 1.33. The first-order chi connectivity index (χ1) is 13.9. The summed E-state index contributed by atoms with van der Waals surface area (Å²) in [4.78, 5) is 43.2. The van der Waals surface area contributed by atoms with Crippen molar-refractivity contribution in [3.63, 3.8) is 0 Å². The minimum absolute atomic E-state index is 0.0999. The molecule has 0 saturated carbocycles. The van der Waals surface area contributed by atoms with Crippen molar-refractivity contribution in [2.75, 3.05) is 33.7 Å². The summed E-state index contributed by atoms with van der Waals surface area (Å²) in [5.74, 6) is -0.364. The third kappa shape index (κ3) is 3.43. The Morgan fingerprint density at radius 3 is 2.55 bits per heavy atom. The Kier molecular flexibility index (Phi) is 4.93. The molecule has 0 radical (unpaired) electrons. The number of nitrogens with zero attached hydrogens (tertiary/aromatic N) is 4. The number of hydrogen-bond acceptors (Lipinski definition) is 4. The Morgan fingerprint density at radius 2 is 1.86 bits per heavy atom. The van der Waals surface area contributed by atoms with Gasteiger partial charge in [0.05, 0.1) is 0 Å². The van der Waals surface area contributed by atoms with E-state index in [1.54, 1.807) is 37.2 Å². The summed E-state index contributed by atoms with van der Waals surface area (Å²) in [6.07, 6.45) is 0.0278. The molecule has 0 aliphatic carbocycles. The van der Waals surface area contributed by atoms with Gasteiger partial charge in [0.1, 0.15) is 25.0 Å². The molecule has 9 nitrogen and oxygen atoms in total. The highest BCUT2D eigenvalue weighted by molar-refractivity contribution is 5.88. The van der Waals surface area contributed by atoms with Crippen LogP contribution in [-0.4, -0.2) is 89.7 Å². The Hall–Kier alpha value is -3.04. The summed E-state index contributed by atoms with van der Waals surface area (Å²) in [5.41, 5.74) is 0. The highest BCUT2D eigenvalue weighted by atomic mass is 19.1. The number of fused-ring (bicyclic) bond motifs is 1. The average Bonchev–Trinajstić information content (AvgIpc) is 3.14. The summed E-state index contributed by atoms with van der Waals surface area (Å²) in [6, 6.07) is 5.69. The third-order valence-corrected chi connectivity index (χ3v) is 5.78. The fourth-order valence-corrected chi connectivity index (χ4v) is 4.13. The lowest BCUT2D eigenvalue weighted by atomic mass is 10.1. The minimum Gasteiger partial charge on any atom is -0.487 e. The summed E-state index contributed by atoms with van der Waals surface area (Å²) in [7, 11) is 3.24. The number of halogens is 1. The number of nitrogens with one attached hydrogen (secondary N) is 1. The lowest BCUT2D eigenvalue weighted by Gasteiger charge is -2.34. The zero-order chi connectivity index (χ0) is 20.7. The van der Waals surface area contributed by atoms with Gasteiger partial charge in [-0.2, -0.15) is 0 Å². The number of rotatable bonds is 4. The first-order valence-electron chi connectivity index (χ1n) is 9.62. The predicted octanol–water partition coefficient (Wildman–Crippen LogP) is 0.870. The van der Waals surface area contributed by atoms with E-state index in [-0.39, 0.29) is 36.4 Å². The lowest BCUT2D eigenvalue weighted by molar-refractivity contribution is -0.134. The molecule has 3 fully saturated rings. The first kappa shape index (κ1) is 19.3. The van der Waals surface area contributed by atoms with E-state index in [0.29, 0.717) is 25.9 Å². The molecule has 2 atom stereocenters. The standard InChI is InChI=1S/C19H24FN5O4/c1-22-16-17(23(2)19(22)28)25(18(27)21-16)11-15(26)24-9-7-12(8-10-24)29-14-6-4-3-5-13(14)20/h3-6,12,16-17H,7-11H2,1-2H3,(H,21,27)/t16-,17-/m0/s1. The number of benzene rings is 1. The van der Waals surface area contributed by atoms with Gasteiger partial charge >= 0.3 is 12.1 Å². The molecule has 0 spiro atoms. The van der Waals surface area contributed by atoms with Crippen LogP contribution in [0.1, 0.15) is 12.8 Å². The van der Waals surface area contributed by atoms with Gasteiger partial charge in [0.2, 0.25) is 5.91 Å². The highest BCUT2D eigenvalue weighted by Crippen LogP contribution is 2.27. The van der Waals surface area contributed by atoms with Crippen LogP contribution in [0.4, 0.5) is 14.0 Å². The molecule has 0 unspecified atom stereocenters. The van der Waals surface area contributed by atoms with Crippen molar-refractivity contribution in [1.82, 2.24) is 24.9 Å². The van der Waals surface area contributed by atoms with Crippen molar-refractivity contribution in [2.24, 2.45) is 0 Å². The number of ether oxygens (including phenoxy) is 1. The van der Waals surface area contributed by atoms with Crippen LogP contribution in [0.25, 0.3) is 0 Å².